The van der Waals surface area contributed by atoms with Crippen molar-refractivity contribution in [2.75, 3.05) is 13.9 Å². The monoisotopic (exact) mass is 455 g/mol. The third-order valence-corrected chi connectivity index (χ3v) is 5.30. The molecule has 1 heterocycles. The molecular weight excluding hydrogens is 433 g/mol. The van der Waals surface area contributed by atoms with Crippen molar-refractivity contribution in [2.24, 2.45) is 0 Å². The molecule has 1 fully saturated rings. The number of ether oxygens (including phenoxy) is 1. The van der Waals surface area contributed by atoms with Crippen LogP contribution in [0.5, 0.6) is 5.75 Å². The van der Waals surface area contributed by atoms with Gasteiger partial charge in [-0.15, -0.1) is 0 Å². The second kappa shape index (κ2) is 10.5. The number of alkyl halides is 1. The molecule has 0 saturated carbocycles. The van der Waals surface area contributed by atoms with E-state index in [0.717, 1.165) is 0 Å². The molecule has 0 aliphatic carbocycles. The summed E-state index contributed by atoms with van der Waals surface area (Å²) in [6.45, 7) is -1.08. The van der Waals surface area contributed by atoms with Gasteiger partial charge in [-0.05, 0) is 36.2 Å². The number of amides is 4. The summed E-state index contributed by atoms with van der Waals surface area (Å²) < 4.78 is 17.1. The normalized spacial score (nSPS) is 15.4. The summed E-state index contributed by atoms with van der Waals surface area (Å²) >= 11 is 0. The van der Waals surface area contributed by atoms with Crippen molar-refractivity contribution in [1.82, 2.24) is 15.5 Å². The highest BCUT2D eigenvalue weighted by atomic mass is 19.1. The van der Waals surface area contributed by atoms with Crippen molar-refractivity contribution in [3.8, 4) is 5.75 Å². The second-order valence-electron chi connectivity index (χ2n) is 7.34. The van der Waals surface area contributed by atoms with Crippen LogP contribution in [0.3, 0.4) is 0 Å². The maximum atomic E-state index is 13.0. The van der Waals surface area contributed by atoms with E-state index in [1.165, 1.54) is 36.2 Å². The third kappa shape index (κ3) is 5.40. The number of carbonyl (C=O) groups excluding carboxylic acids is 5. The average molecular weight is 455 g/mol. The van der Waals surface area contributed by atoms with Crippen LogP contribution in [0.15, 0.2) is 42.5 Å². The molecule has 3 rings (SSSR count). The summed E-state index contributed by atoms with van der Waals surface area (Å²) in [5.41, 5.74) is 0.786. The number of rotatable bonds is 8. The van der Waals surface area contributed by atoms with E-state index in [1.54, 1.807) is 18.2 Å². The largest absolute Gasteiger partial charge is 0.463 e. The van der Waals surface area contributed by atoms with Crippen LogP contribution in [0, 0.1) is 0 Å². The first-order valence-electron chi connectivity index (χ1n) is 10.1. The average Bonchev–Trinajstić information content (AvgIpc) is 2.81. The van der Waals surface area contributed by atoms with Gasteiger partial charge in [0, 0.05) is 31.1 Å². The second-order valence-corrected chi connectivity index (χ2v) is 7.34. The molecule has 0 spiro atoms. The Balaban J connectivity index is 1.76. The van der Waals surface area contributed by atoms with Crippen molar-refractivity contribution in [1.29, 1.82) is 0 Å². The van der Waals surface area contributed by atoms with Crippen LogP contribution in [0.1, 0.15) is 49.5 Å². The molecule has 1 saturated heterocycles. The Bertz CT molecular complexity index is 1100. The third-order valence-electron chi connectivity index (χ3n) is 5.30. The van der Waals surface area contributed by atoms with Gasteiger partial charge in [-0.2, -0.15) is 0 Å². The first-order valence-corrected chi connectivity index (χ1v) is 10.1. The van der Waals surface area contributed by atoms with Gasteiger partial charge in [0.1, 0.15) is 11.8 Å². The number of imide groups is 1. The number of likely N-dealkylation sites (N-methyl/N-ethyl adjacent to an activating group) is 1. The predicted octanol–water partition coefficient (Wildman–Crippen LogP) is 1.61. The van der Waals surface area contributed by atoms with Crippen molar-refractivity contribution >= 4 is 29.9 Å². The van der Waals surface area contributed by atoms with Crippen LogP contribution in [0.25, 0.3) is 0 Å². The van der Waals surface area contributed by atoms with Crippen molar-refractivity contribution in [3.63, 3.8) is 0 Å². The Morgan fingerprint density at radius 3 is 2.70 bits per heavy atom. The highest BCUT2D eigenvalue weighted by Crippen LogP contribution is 2.19. The molecule has 10 heteroatoms. The minimum Gasteiger partial charge on any atom is -0.463 e. The molecule has 172 valence electrons. The van der Waals surface area contributed by atoms with E-state index in [9.17, 15) is 28.4 Å². The first kappa shape index (κ1) is 23.6. The van der Waals surface area contributed by atoms with Gasteiger partial charge in [-0.25, -0.2) is 4.39 Å². The number of aldehydes is 1. The number of hydrogen-bond donors (Lipinski definition) is 2. The maximum Gasteiger partial charge on any atom is 0.255 e. The lowest BCUT2D eigenvalue weighted by Crippen LogP contribution is -2.53. The van der Waals surface area contributed by atoms with Crippen LogP contribution < -0.4 is 15.4 Å². The number of nitrogens with zero attached hydrogens (tertiary/aromatic N) is 1. The van der Waals surface area contributed by atoms with Crippen LogP contribution in [0.2, 0.25) is 0 Å². The maximum absolute atomic E-state index is 13.0. The van der Waals surface area contributed by atoms with E-state index in [1.807, 2.05) is 0 Å². The minimum absolute atomic E-state index is 0.0512. The van der Waals surface area contributed by atoms with Crippen molar-refractivity contribution in [2.45, 2.75) is 25.4 Å². The van der Waals surface area contributed by atoms with Crippen molar-refractivity contribution in [3.05, 3.63) is 64.7 Å². The highest BCUT2D eigenvalue weighted by molar-refractivity contribution is 6.06. The molecule has 33 heavy (non-hydrogen) atoms. The molecule has 1 unspecified atom stereocenters. The smallest absolute Gasteiger partial charge is 0.255 e. The lowest BCUT2D eigenvalue weighted by Gasteiger charge is -2.30. The van der Waals surface area contributed by atoms with Crippen LogP contribution in [-0.2, 0) is 16.1 Å². The highest BCUT2D eigenvalue weighted by Gasteiger charge is 2.33. The standard InChI is InChI=1S/C23H22FN3O6/c1-27(19-8-9-20(29)26-22(19)31)23(32)17-7-3-5-15(18(17)12-28)11-25-21(30)14-4-2-6-16(10-14)33-13-24/h2-7,10,12,19H,8-9,11,13H2,1H3,(H,25,30)(H,26,29,31). The molecule has 2 N–H and O–H groups in total. The summed E-state index contributed by atoms with van der Waals surface area (Å²) in [5, 5.41) is 4.85. The Morgan fingerprint density at radius 2 is 2.00 bits per heavy atom. The number of nitrogens with one attached hydrogen (secondary N) is 2. The molecule has 2 aromatic carbocycles. The van der Waals surface area contributed by atoms with Gasteiger partial charge in [0.05, 0.1) is 5.56 Å². The predicted molar refractivity (Wildman–Crippen MR) is 114 cm³/mol. The molecule has 4 amide bonds. The van der Waals surface area contributed by atoms with E-state index >= 15 is 0 Å². The Morgan fingerprint density at radius 1 is 1.24 bits per heavy atom. The van der Waals surface area contributed by atoms with Crippen LogP contribution >= 0.6 is 0 Å². The fourth-order valence-electron chi connectivity index (χ4n) is 3.54. The molecule has 1 aliphatic rings. The molecule has 9 nitrogen and oxygen atoms in total. The number of benzene rings is 2. The number of halogens is 1. The first-order chi connectivity index (χ1) is 15.8. The van der Waals surface area contributed by atoms with Crippen LogP contribution in [-0.4, -0.2) is 54.8 Å². The van der Waals surface area contributed by atoms with Gasteiger partial charge >= 0.3 is 0 Å². The molecule has 0 aromatic heterocycles. The van der Waals surface area contributed by atoms with Crippen LogP contribution in [0.4, 0.5) is 4.39 Å². The Hall–Kier alpha value is -4.08. The summed E-state index contributed by atoms with van der Waals surface area (Å²) in [5.74, 6) is -1.81. The summed E-state index contributed by atoms with van der Waals surface area (Å²) in [6.07, 6.45) is 0.811. The minimum atomic E-state index is -1.03. The Kier molecular flexibility index (Phi) is 7.50. The zero-order valence-corrected chi connectivity index (χ0v) is 17.8. The SMILES string of the molecule is CN(C(=O)c1cccc(CNC(=O)c2cccc(OCF)c2)c1C=O)C1CCC(=O)NC1=O. The van der Waals surface area contributed by atoms with E-state index < -0.39 is 36.5 Å². The van der Waals surface area contributed by atoms with Gasteiger partial charge in [0.15, 0.2) is 6.29 Å². The molecule has 1 atom stereocenters. The number of piperidine rings is 1. The topological polar surface area (TPSA) is 122 Å². The van der Waals surface area contributed by atoms with E-state index in [4.69, 9.17) is 4.74 Å². The molecule has 0 bridgehead atoms. The van der Waals surface area contributed by atoms with Gasteiger partial charge in [-0.3, -0.25) is 29.3 Å². The quantitative estimate of drug-likeness (QED) is 0.461. The van der Waals surface area contributed by atoms with Gasteiger partial charge in [-0.1, -0.05) is 18.2 Å². The van der Waals surface area contributed by atoms with Gasteiger partial charge in [0.25, 0.3) is 11.8 Å². The summed E-state index contributed by atoms with van der Waals surface area (Å²) in [7, 11) is 1.43. The molecule has 0 radical (unpaired) electrons. The zero-order valence-electron chi connectivity index (χ0n) is 17.8. The fourth-order valence-corrected chi connectivity index (χ4v) is 3.54. The van der Waals surface area contributed by atoms with Gasteiger partial charge in [0.2, 0.25) is 18.7 Å². The van der Waals surface area contributed by atoms with E-state index in [-0.39, 0.29) is 41.8 Å². The fraction of sp³-hybridized carbons (Fsp3) is 0.261. The Labute approximate surface area is 188 Å². The summed E-state index contributed by atoms with van der Waals surface area (Å²) in [4.78, 5) is 62.0. The number of hydrogen-bond acceptors (Lipinski definition) is 6. The molecular formula is C23H22FN3O6. The van der Waals surface area contributed by atoms with E-state index in [0.29, 0.717) is 11.8 Å². The summed E-state index contributed by atoms with van der Waals surface area (Å²) in [6, 6.07) is 9.73. The molecule has 1 aliphatic heterocycles. The zero-order chi connectivity index (χ0) is 24.0. The molecule has 2 aromatic rings. The lowest BCUT2D eigenvalue weighted by atomic mass is 9.98. The van der Waals surface area contributed by atoms with Crippen molar-refractivity contribution < 1.29 is 33.1 Å². The lowest BCUT2D eigenvalue weighted by molar-refractivity contribution is -0.136. The van der Waals surface area contributed by atoms with E-state index in [2.05, 4.69) is 10.6 Å². The number of carbonyl (C=O) groups is 5. The van der Waals surface area contributed by atoms with Gasteiger partial charge < -0.3 is 15.0 Å².